The summed E-state index contributed by atoms with van der Waals surface area (Å²) < 4.78 is 49.1. The smallest absolute Gasteiger partial charge is 0.321 e. The highest BCUT2D eigenvalue weighted by Crippen LogP contribution is 2.26. The molecule has 0 radical (unpaired) electrons. The second-order valence-corrected chi connectivity index (χ2v) is 3.59. The van der Waals surface area contributed by atoms with Crippen molar-refractivity contribution in [2.75, 3.05) is 5.32 Å². The van der Waals surface area contributed by atoms with Crippen LogP contribution in [0.1, 0.15) is 5.56 Å². The number of hydrogen-bond acceptors (Lipinski definition) is 2. The van der Waals surface area contributed by atoms with Gasteiger partial charge in [-0.05, 0) is 18.2 Å². The van der Waals surface area contributed by atoms with E-state index >= 15 is 0 Å². The van der Waals surface area contributed by atoms with Gasteiger partial charge in [0, 0.05) is 5.69 Å². The van der Waals surface area contributed by atoms with E-state index in [1.165, 1.54) is 6.07 Å². The Morgan fingerprint density at radius 1 is 1.44 bits per heavy atom. The fraction of sp³-hybridized carbons (Fsp3) is 0.200. The Balaban J connectivity index is 2.93. The summed E-state index contributed by atoms with van der Waals surface area (Å²) in [6.07, 6.45) is -4.11. The summed E-state index contributed by atoms with van der Waals surface area (Å²) in [5.74, 6) is -6.95. The predicted octanol–water partition coefficient (Wildman–Crippen LogP) is 3.05. The predicted molar refractivity (Wildman–Crippen MR) is 55.7 cm³/mol. The zero-order valence-corrected chi connectivity index (χ0v) is 9.31. The highest BCUT2D eigenvalue weighted by Gasteiger charge is 2.48. The Bertz CT molecular complexity index is 513. The van der Waals surface area contributed by atoms with Crippen LogP contribution >= 0.6 is 11.6 Å². The zero-order valence-electron chi connectivity index (χ0n) is 8.55. The molecule has 0 atom stereocenters. The molecule has 18 heavy (non-hydrogen) atoms. The number of anilines is 1. The molecule has 0 aliphatic heterocycles. The number of nitriles is 1. The molecular weight excluding hydrogens is 276 g/mol. The van der Waals surface area contributed by atoms with Crippen LogP contribution in [0.2, 0.25) is 5.02 Å². The molecule has 1 rings (SSSR count). The summed E-state index contributed by atoms with van der Waals surface area (Å²) in [4.78, 5) is 10.9. The lowest BCUT2D eigenvalue weighted by Crippen LogP contribution is -2.40. The average molecular weight is 281 g/mol. The van der Waals surface area contributed by atoms with Gasteiger partial charge in [0.2, 0.25) is 0 Å². The molecule has 96 valence electrons. The molecule has 0 bridgehead atoms. The summed E-state index contributed by atoms with van der Waals surface area (Å²) in [7, 11) is 0. The van der Waals surface area contributed by atoms with Crippen LogP contribution in [-0.4, -0.2) is 18.3 Å². The molecule has 0 spiro atoms. The number of nitrogens with one attached hydrogen (secondary N) is 1. The summed E-state index contributed by atoms with van der Waals surface area (Å²) in [6.45, 7) is 0. The van der Waals surface area contributed by atoms with E-state index in [2.05, 4.69) is 0 Å². The van der Waals surface area contributed by atoms with Crippen LogP contribution in [0.5, 0.6) is 0 Å². The maximum atomic E-state index is 12.6. The Kier molecular flexibility index (Phi) is 4.14. The molecule has 0 aromatic heterocycles. The van der Waals surface area contributed by atoms with Crippen LogP contribution in [0, 0.1) is 11.3 Å². The van der Waals surface area contributed by atoms with Gasteiger partial charge in [-0.1, -0.05) is 11.6 Å². The Hall–Kier alpha value is -1.81. The second-order valence-electron chi connectivity index (χ2n) is 3.18. The van der Waals surface area contributed by atoms with E-state index in [1.54, 1.807) is 11.4 Å². The maximum absolute atomic E-state index is 12.6. The van der Waals surface area contributed by atoms with Gasteiger partial charge in [0.15, 0.2) is 0 Å². The van der Waals surface area contributed by atoms with Crippen LogP contribution in [0.3, 0.4) is 0 Å². The monoisotopic (exact) mass is 280 g/mol. The van der Waals surface area contributed by atoms with E-state index in [4.69, 9.17) is 16.9 Å². The quantitative estimate of drug-likeness (QED) is 0.865. The van der Waals surface area contributed by atoms with Crippen molar-refractivity contribution in [1.29, 1.82) is 5.26 Å². The SMILES string of the molecule is N#Cc1cc(NC(=O)C(F)(F)C(F)F)ccc1Cl. The molecule has 1 N–H and O–H groups in total. The van der Waals surface area contributed by atoms with Gasteiger partial charge in [0.05, 0.1) is 10.6 Å². The highest BCUT2D eigenvalue weighted by atomic mass is 35.5. The van der Waals surface area contributed by atoms with Gasteiger partial charge < -0.3 is 5.32 Å². The van der Waals surface area contributed by atoms with Crippen LogP contribution < -0.4 is 5.32 Å². The van der Waals surface area contributed by atoms with Crippen molar-refractivity contribution in [3.05, 3.63) is 28.8 Å². The van der Waals surface area contributed by atoms with Crippen LogP contribution in [-0.2, 0) is 4.79 Å². The first kappa shape index (κ1) is 14.3. The lowest BCUT2D eigenvalue weighted by molar-refractivity contribution is -0.163. The molecule has 0 aliphatic carbocycles. The molecule has 0 fully saturated rings. The fourth-order valence-corrected chi connectivity index (χ4v) is 1.16. The van der Waals surface area contributed by atoms with Gasteiger partial charge in [0.25, 0.3) is 0 Å². The molecular formula is C10H5ClF4N2O. The number of carbonyl (C=O) groups is 1. The zero-order chi connectivity index (χ0) is 13.9. The van der Waals surface area contributed by atoms with Gasteiger partial charge >= 0.3 is 18.3 Å². The Labute approximate surface area is 104 Å². The third kappa shape index (κ3) is 2.90. The first-order chi connectivity index (χ1) is 8.28. The van der Waals surface area contributed by atoms with Crippen LogP contribution in [0.25, 0.3) is 0 Å². The third-order valence-electron chi connectivity index (χ3n) is 1.92. The molecule has 1 aromatic carbocycles. The number of carbonyl (C=O) groups excluding carboxylic acids is 1. The third-order valence-corrected chi connectivity index (χ3v) is 2.25. The Morgan fingerprint density at radius 2 is 2.06 bits per heavy atom. The van der Waals surface area contributed by atoms with Crippen molar-refractivity contribution in [2.24, 2.45) is 0 Å². The first-order valence-corrected chi connectivity index (χ1v) is 4.84. The van der Waals surface area contributed by atoms with Crippen molar-refractivity contribution >= 4 is 23.2 Å². The lowest BCUT2D eigenvalue weighted by Gasteiger charge is -2.14. The number of rotatable bonds is 3. The van der Waals surface area contributed by atoms with Gasteiger partial charge in [0.1, 0.15) is 6.07 Å². The normalized spacial score (nSPS) is 11.2. The van der Waals surface area contributed by atoms with Crippen molar-refractivity contribution in [3.8, 4) is 6.07 Å². The number of halogens is 5. The molecule has 3 nitrogen and oxygen atoms in total. The molecule has 0 saturated heterocycles. The van der Waals surface area contributed by atoms with E-state index in [-0.39, 0.29) is 16.3 Å². The molecule has 0 saturated carbocycles. The van der Waals surface area contributed by atoms with Gasteiger partial charge in [-0.3, -0.25) is 4.79 Å². The molecule has 0 heterocycles. The van der Waals surface area contributed by atoms with Crippen molar-refractivity contribution in [3.63, 3.8) is 0 Å². The Morgan fingerprint density at radius 3 is 2.56 bits per heavy atom. The standard InChI is InChI=1S/C10H5ClF4N2O/c11-7-2-1-6(3-5(7)4-16)17-9(18)10(14,15)8(12)13/h1-3,8H,(H,17,18). The lowest BCUT2D eigenvalue weighted by atomic mass is 10.2. The van der Waals surface area contributed by atoms with E-state index in [0.717, 1.165) is 12.1 Å². The summed E-state index contributed by atoms with van der Waals surface area (Å²) in [5.41, 5.74) is -0.295. The molecule has 0 unspecified atom stereocenters. The minimum Gasteiger partial charge on any atom is -0.321 e. The van der Waals surface area contributed by atoms with Gasteiger partial charge in [-0.15, -0.1) is 0 Å². The number of alkyl halides is 4. The minimum absolute atomic E-state index is 0.0520. The highest BCUT2D eigenvalue weighted by molar-refractivity contribution is 6.31. The van der Waals surface area contributed by atoms with Crippen LogP contribution in [0.15, 0.2) is 18.2 Å². The van der Waals surface area contributed by atoms with Gasteiger partial charge in [-0.2, -0.15) is 14.0 Å². The summed E-state index contributed by atoms with van der Waals surface area (Å²) in [5, 5.41) is 10.2. The van der Waals surface area contributed by atoms with Crippen LogP contribution in [0.4, 0.5) is 23.2 Å². The summed E-state index contributed by atoms with van der Waals surface area (Å²) in [6, 6.07) is 4.94. The second kappa shape index (κ2) is 5.23. The van der Waals surface area contributed by atoms with E-state index in [1.807, 2.05) is 0 Å². The molecule has 1 aromatic rings. The van der Waals surface area contributed by atoms with Crippen molar-refractivity contribution in [2.45, 2.75) is 12.3 Å². The largest absolute Gasteiger partial charge is 0.383 e. The number of amides is 1. The number of nitrogens with zero attached hydrogens (tertiary/aromatic N) is 1. The van der Waals surface area contributed by atoms with Crippen molar-refractivity contribution in [1.82, 2.24) is 0 Å². The molecule has 8 heteroatoms. The fourth-order valence-electron chi connectivity index (χ4n) is 1.00. The maximum Gasteiger partial charge on any atom is 0.383 e. The molecule has 0 aliphatic rings. The average Bonchev–Trinajstić information content (AvgIpc) is 2.31. The minimum atomic E-state index is -4.80. The topological polar surface area (TPSA) is 52.9 Å². The first-order valence-electron chi connectivity index (χ1n) is 4.46. The van der Waals surface area contributed by atoms with Gasteiger partial charge in [-0.25, -0.2) is 8.78 Å². The number of hydrogen-bond donors (Lipinski definition) is 1. The summed E-state index contributed by atoms with van der Waals surface area (Å²) >= 11 is 5.57. The van der Waals surface area contributed by atoms with Crippen molar-refractivity contribution < 1.29 is 22.4 Å². The van der Waals surface area contributed by atoms with E-state index in [0.29, 0.717) is 0 Å². The van der Waals surface area contributed by atoms with E-state index < -0.39 is 18.3 Å². The molecule has 1 amide bonds. The van der Waals surface area contributed by atoms with E-state index in [9.17, 15) is 22.4 Å². The number of benzene rings is 1.